The molecule has 4 nitrogen and oxygen atoms in total. The summed E-state index contributed by atoms with van der Waals surface area (Å²) in [6.07, 6.45) is 2.26. The number of nitrogens with two attached hydrogens (primary N) is 1. The van der Waals surface area contributed by atoms with Gasteiger partial charge in [0.1, 0.15) is 6.61 Å². The first kappa shape index (κ1) is 15.5. The lowest BCUT2D eigenvalue weighted by atomic mass is 10.1. The van der Waals surface area contributed by atoms with Crippen LogP contribution >= 0.6 is 0 Å². The van der Waals surface area contributed by atoms with E-state index in [4.69, 9.17) is 10.5 Å². The maximum Gasteiger partial charge on any atom is 0.250 e. The summed E-state index contributed by atoms with van der Waals surface area (Å²) in [5.41, 5.74) is 8.06. The quantitative estimate of drug-likeness (QED) is 0.744. The standard InChI is InChI=1S/C15H24N2O2/c1-4-5-11(2)9-19-10-15(18)17-14-8-13(16)7-6-12(14)3/h6-8,11H,4-5,9-10,16H2,1-3H3,(H,17,18). The fourth-order valence-electron chi connectivity index (χ4n) is 1.89. The van der Waals surface area contributed by atoms with Crippen molar-refractivity contribution in [2.45, 2.75) is 33.6 Å². The van der Waals surface area contributed by atoms with Gasteiger partial charge in [-0.05, 0) is 37.0 Å². The van der Waals surface area contributed by atoms with E-state index in [9.17, 15) is 4.79 Å². The van der Waals surface area contributed by atoms with Gasteiger partial charge in [0, 0.05) is 18.0 Å². The molecule has 0 fully saturated rings. The number of hydrogen-bond donors (Lipinski definition) is 2. The summed E-state index contributed by atoms with van der Waals surface area (Å²) in [7, 11) is 0. The molecule has 1 unspecified atom stereocenters. The van der Waals surface area contributed by atoms with Crippen LogP contribution in [0.4, 0.5) is 11.4 Å². The summed E-state index contributed by atoms with van der Waals surface area (Å²) < 4.78 is 5.41. The number of nitrogen functional groups attached to an aromatic ring is 1. The Morgan fingerprint density at radius 2 is 2.21 bits per heavy atom. The molecule has 19 heavy (non-hydrogen) atoms. The zero-order valence-corrected chi connectivity index (χ0v) is 12.0. The van der Waals surface area contributed by atoms with Crippen molar-refractivity contribution in [1.29, 1.82) is 0 Å². The van der Waals surface area contributed by atoms with Crippen molar-refractivity contribution in [2.24, 2.45) is 5.92 Å². The Hall–Kier alpha value is -1.55. The van der Waals surface area contributed by atoms with Crippen molar-refractivity contribution < 1.29 is 9.53 Å². The first-order valence-corrected chi connectivity index (χ1v) is 6.76. The summed E-state index contributed by atoms with van der Waals surface area (Å²) in [6, 6.07) is 5.45. The largest absolute Gasteiger partial charge is 0.399 e. The Bertz CT molecular complexity index is 419. The van der Waals surface area contributed by atoms with Crippen molar-refractivity contribution in [3.8, 4) is 0 Å². The summed E-state index contributed by atoms with van der Waals surface area (Å²) in [6.45, 7) is 6.91. The summed E-state index contributed by atoms with van der Waals surface area (Å²) in [5, 5.41) is 2.81. The van der Waals surface area contributed by atoms with Gasteiger partial charge in [-0.3, -0.25) is 4.79 Å². The lowest BCUT2D eigenvalue weighted by Crippen LogP contribution is -2.20. The minimum Gasteiger partial charge on any atom is -0.399 e. The second-order valence-electron chi connectivity index (χ2n) is 5.03. The van der Waals surface area contributed by atoms with Gasteiger partial charge in [-0.2, -0.15) is 0 Å². The highest BCUT2D eigenvalue weighted by Crippen LogP contribution is 2.17. The van der Waals surface area contributed by atoms with Crippen LogP contribution < -0.4 is 11.1 Å². The second kappa shape index (κ2) is 7.79. The summed E-state index contributed by atoms with van der Waals surface area (Å²) in [5.74, 6) is 0.351. The molecule has 1 rings (SSSR count). The maximum atomic E-state index is 11.7. The van der Waals surface area contributed by atoms with Gasteiger partial charge < -0.3 is 15.8 Å². The SMILES string of the molecule is CCCC(C)COCC(=O)Nc1cc(N)ccc1C. The minimum atomic E-state index is -0.141. The van der Waals surface area contributed by atoms with Gasteiger partial charge in [-0.1, -0.05) is 26.3 Å². The second-order valence-corrected chi connectivity index (χ2v) is 5.03. The monoisotopic (exact) mass is 264 g/mol. The van der Waals surface area contributed by atoms with Crippen molar-refractivity contribution in [3.05, 3.63) is 23.8 Å². The molecule has 0 bridgehead atoms. The molecular weight excluding hydrogens is 240 g/mol. The Labute approximate surface area is 115 Å². The predicted molar refractivity (Wildman–Crippen MR) is 79.1 cm³/mol. The number of amides is 1. The van der Waals surface area contributed by atoms with Gasteiger partial charge >= 0.3 is 0 Å². The molecule has 1 aromatic rings. The van der Waals surface area contributed by atoms with Crippen LogP contribution in [0.25, 0.3) is 0 Å². The maximum absolute atomic E-state index is 11.7. The fraction of sp³-hybridized carbons (Fsp3) is 0.533. The van der Waals surface area contributed by atoms with E-state index >= 15 is 0 Å². The molecule has 0 spiro atoms. The van der Waals surface area contributed by atoms with Crippen molar-refractivity contribution in [2.75, 3.05) is 24.3 Å². The Balaban J connectivity index is 2.37. The molecule has 0 radical (unpaired) electrons. The average molecular weight is 264 g/mol. The number of ether oxygens (including phenoxy) is 1. The molecule has 0 heterocycles. The number of carbonyl (C=O) groups is 1. The van der Waals surface area contributed by atoms with Crippen LogP contribution in [0.3, 0.4) is 0 Å². The van der Waals surface area contributed by atoms with Gasteiger partial charge in [-0.25, -0.2) is 0 Å². The van der Waals surface area contributed by atoms with Gasteiger partial charge in [-0.15, -0.1) is 0 Å². The van der Waals surface area contributed by atoms with E-state index in [0.29, 0.717) is 18.2 Å². The van der Waals surface area contributed by atoms with Gasteiger partial charge in [0.2, 0.25) is 5.91 Å². The third kappa shape index (κ3) is 5.75. The number of nitrogens with one attached hydrogen (secondary N) is 1. The van der Waals surface area contributed by atoms with E-state index in [1.807, 2.05) is 19.1 Å². The molecule has 0 saturated carbocycles. The topological polar surface area (TPSA) is 64.3 Å². The molecule has 3 N–H and O–H groups in total. The molecule has 106 valence electrons. The normalized spacial score (nSPS) is 12.2. The third-order valence-corrected chi connectivity index (χ3v) is 2.95. The molecule has 0 saturated heterocycles. The molecule has 1 aromatic carbocycles. The number of carbonyl (C=O) groups excluding carboxylic acids is 1. The number of aryl methyl sites for hydroxylation is 1. The zero-order valence-electron chi connectivity index (χ0n) is 12.0. The lowest BCUT2D eigenvalue weighted by molar-refractivity contribution is -0.121. The molecule has 1 amide bonds. The summed E-state index contributed by atoms with van der Waals surface area (Å²) >= 11 is 0. The zero-order chi connectivity index (χ0) is 14.3. The van der Waals surface area contributed by atoms with E-state index < -0.39 is 0 Å². The van der Waals surface area contributed by atoms with E-state index in [2.05, 4.69) is 19.2 Å². The van der Waals surface area contributed by atoms with Crippen molar-refractivity contribution in [3.63, 3.8) is 0 Å². The van der Waals surface area contributed by atoms with Crippen molar-refractivity contribution in [1.82, 2.24) is 0 Å². The first-order chi connectivity index (χ1) is 9.02. The highest BCUT2D eigenvalue weighted by Gasteiger charge is 2.07. The van der Waals surface area contributed by atoms with Crippen LogP contribution in [0.15, 0.2) is 18.2 Å². The molecule has 4 heteroatoms. The molecular formula is C15H24N2O2. The Morgan fingerprint density at radius 3 is 2.89 bits per heavy atom. The number of benzene rings is 1. The number of anilines is 2. The third-order valence-electron chi connectivity index (χ3n) is 2.95. The number of hydrogen-bond acceptors (Lipinski definition) is 3. The van der Waals surface area contributed by atoms with Gasteiger partial charge in [0.25, 0.3) is 0 Å². The predicted octanol–water partition coefficient (Wildman–Crippen LogP) is 2.97. The van der Waals surface area contributed by atoms with E-state index in [0.717, 1.165) is 24.1 Å². The molecule has 1 atom stereocenters. The molecule has 0 aromatic heterocycles. The Kier molecular flexibility index (Phi) is 6.36. The lowest BCUT2D eigenvalue weighted by Gasteiger charge is -2.12. The van der Waals surface area contributed by atoms with Crippen LogP contribution in [0.5, 0.6) is 0 Å². The minimum absolute atomic E-state index is 0.0856. The highest BCUT2D eigenvalue weighted by molar-refractivity contribution is 5.92. The summed E-state index contributed by atoms with van der Waals surface area (Å²) in [4.78, 5) is 11.7. The molecule has 0 aliphatic rings. The smallest absolute Gasteiger partial charge is 0.250 e. The van der Waals surface area contributed by atoms with Crippen LogP contribution in [-0.4, -0.2) is 19.1 Å². The van der Waals surface area contributed by atoms with E-state index in [1.54, 1.807) is 6.07 Å². The Morgan fingerprint density at radius 1 is 1.47 bits per heavy atom. The van der Waals surface area contributed by atoms with Gasteiger partial charge in [0.15, 0.2) is 0 Å². The van der Waals surface area contributed by atoms with Crippen molar-refractivity contribution >= 4 is 17.3 Å². The van der Waals surface area contributed by atoms with Crippen LogP contribution in [0.2, 0.25) is 0 Å². The van der Waals surface area contributed by atoms with E-state index in [1.165, 1.54) is 0 Å². The van der Waals surface area contributed by atoms with Crippen LogP contribution in [-0.2, 0) is 9.53 Å². The van der Waals surface area contributed by atoms with Crippen LogP contribution in [0, 0.1) is 12.8 Å². The highest BCUT2D eigenvalue weighted by atomic mass is 16.5. The molecule has 0 aliphatic heterocycles. The average Bonchev–Trinajstić information content (AvgIpc) is 2.34. The molecule has 0 aliphatic carbocycles. The fourth-order valence-corrected chi connectivity index (χ4v) is 1.89. The van der Waals surface area contributed by atoms with E-state index in [-0.39, 0.29) is 12.5 Å². The first-order valence-electron chi connectivity index (χ1n) is 6.76. The van der Waals surface area contributed by atoms with Crippen LogP contribution in [0.1, 0.15) is 32.3 Å². The van der Waals surface area contributed by atoms with Gasteiger partial charge in [0.05, 0.1) is 0 Å². The number of rotatable bonds is 7.